The summed E-state index contributed by atoms with van der Waals surface area (Å²) in [5.41, 5.74) is 3.76. The average molecular weight is 450 g/mol. The SMILES string of the molecule is CCCCCCCCCC1CCC(c2ccc(-c3ccc(C)c(F)c3OC)c(C#N)c2)CC1. The van der Waals surface area contributed by atoms with Gasteiger partial charge in [0.15, 0.2) is 11.6 Å². The zero-order valence-electron chi connectivity index (χ0n) is 20.8. The number of benzene rings is 2. The van der Waals surface area contributed by atoms with Crippen molar-refractivity contribution in [2.24, 2.45) is 5.92 Å². The molecule has 0 saturated heterocycles. The lowest BCUT2D eigenvalue weighted by Crippen LogP contribution is -2.13. The van der Waals surface area contributed by atoms with Crippen LogP contribution in [0.25, 0.3) is 11.1 Å². The van der Waals surface area contributed by atoms with Crippen molar-refractivity contribution in [3.05, 3.63) is 52.8 Å². The first kappa shape index (κ1) is 25.3. The van der Waals surface area contributed by atoms with E-state index in [0.29, 0.717) is 22.6 Å². The molecule has 0 aromatic heterocycles. The summed E-state index contributed by atoms with van der Waals surface area (Å²) in [6.07, 6.45) is 16.0. The molecule has 0 aliphatic heterocycles. The topological polar surface area (TPSA) is 33.0 Å². The Morgan fingerprint density at radius 1 is 0.939 bits per heavy atom. The third kappa shape index (κ3) is 6.59. The fraction of sp³-hybridized carbons (Fsp3) is 0.567. The molecule has 0 radical (unpaired) electrons. The third-order valence-electron chi connectivity index (χ3n) is 7.48. The van der Waals surface area contributed by atoms with Crippen LogP contribution in [-0.2, 0) is 0 Å². The Kier molecular flexibility index (Phi) is 9.79. The third-order valence-corrected chi connectivity index (χ3v) is 7.48. The van der Waals surface area contributed by atoms with Gasteiger partial charge in [0, 0.05) is 11.1 Å². The molecule has 3 rings (SSSR count). The molecular formula is C30H40FNO. The van der Waals surface area contributed by atoms with Gasteiger partial charge in [-0.3, -0.25) is 0 Å². The van der Waals surface area contributed by atoms with Gasteiger partial charge < -0.3 is 4.74 Å². The predicted octanol–water partition coefficient (Wildman–Crippen LogP) is 9.10. The number of rotatable bonds is 11. The highest BCUT2D eigenvalue weighted by atomic mass is 19.1. The smallest absolute Gasteiger partial charge is 0.168 e. The second-order valence-corrected chi connectivity index (χ2v) is 9.82. The lowest BCUT2D eigenvalue weighted by molar-refractivity contribution is 0.302. The number of nitriles is 1. The highest BCUT2D eigenvalue weighted by Crippen LogP contribution is 2.41. The number of unbranched alkanes of at least 4 members (excludes halogenated alkanes) is 6. The maximum atomic E-state index is 14.6. The second-order valence-electron chi connectivity index (χ2n) is 9.82. The molecule has 2 nitrogen and oxygen atoms in total. The van der Waals surface area contributed by atoms with Crippen LogP contribution < -0.4 is 4.74 Å². The molecular weight excluding hydrogens is 409 g/mol. The lowest BCUT2D eigenvalue weighted by atomic mass is 9.76. The van der Waals surface area contributed by atoms with Crippen molar-refractivity contribution in [2.45, 2.75) is 96.8 Å². The molecule has 0 spiro atoms. The first-order chi connectivity index (χ1) is 16.1. The largest absolute Gasteiger partial charge is 0.493 e. The van der Waals surface area contributed by atoms with Gasteiger partial charge in [-0.15, -0.1) is 0 Å². The summed E-state index contributed by atoms with van der Waals surface area (Å²) in [4.78, 5) is 0. The number of halogens is 1. The molecule has 2 aromatic rings. The quantitative estimate of drug-likeness (QED) is 0.320. The molecule has 0 bridgehead atoms. The highest BCUT2D eigenvalue weighted by Gasteiger charge is 2.23. The van der Waals surface area contributed by atoms with Crippen LogP contribution in [0.15, 0.2) is 30.3 Å². The maximum Gasteiger partial charge on any atom is 0.168 e. The van der Waals surface area contributed by atoms with Crippen LogP contribution in [0.2, 0.25) is 0 Å². The molecule has 0 heterocycles. The van der Waals surface area contributed by atoms with E-state index in [0.717, 1.165) is 11.5 Å². The lowest BCUT2D eigenvalue weighted by Gasteiger charge is -2.29. The van der Waals surface area contributed by atoms with Gasteiger partial charge in [-0.05, 0) is 61.6 Å². The Labute approximate surface area is 200 Å². The number of ether oxygens (including phenoxy) is 1. The Hall–Kier alpha value is -2.34. The fourth-order valence-corrected chi connectivity index (χ4v) is 5.38. The van der Waals surface area contributed by atoms with Gasteiger partial charge in [0.2, 0.25) is 0 Å². The van der Waals surface area contributed by atoms with Gasteiger partial charge in [-0.1, -0.05) is 82.6 Å². The van der Waals surface area contributed by atoms with Crippen molar-refractivity contribution in [3.63, 3.8) is 0 Å². The van der Waals surface area contributed by atoms with Gasteiger partial charge in [0.1, 0.15) is 0 Å². The van der Waals surface area contributed by atoms with Crippen LogP contribution in [-0.4, -0.2) is 7.11 Å². The minimum Gasteiger partial charge on any atom is -0.493 e. The van der Waals surface area contributed by atoms with Gasteiger partial charge in [-0.25, -0.2) is 4.39 Å². The molecule has 1 saturated carbocycles. The van der Waals surface area contributed by atoms with Crippen LogP contribution in [0.4, 0.5) is 4.39 Å². The fourth-order valence-electron chi connectivity index (χ4n) is 5.38. The van der Waals surface area contributed by atoms with Gasteiger partial charge in [0.25, 0.3) is 0 Å². The molecule has 2 aromatic carbocycles. The van der Waals surface area contributed by atoms with Crippen molar-refractivity contribution < 1.29 is 9.13 Å². The summed E-state index contributed by atoms with van der Waals surface area (Å²) in [6.45, 7) is 3.99. The summed E-state index contributed by atoms with van der Waals surface area (Å²) in [7, 11) is 1.48. The number of aryl methyl sites for hydroxylation is 1. The monoisotopic (exact) mass is 449 g/mol. The van der Waals surface area contributed by atoms with Crippen LogP contribution in [0.5, 0.6) is 5.75 Å². The Morgan fingerprint density at radius 2 is 1.61 bits per heavy atom. The summed E-state index contributed by atoms with van der Waals surface area (Å²) < 4.78 is 19.9. The molecule has 0 N–H and O–H groups in total. The number of hydrogen-bond acceptors (Lipinski definition) is 2. The number of hydrogen-bond donors (Lipinski definition) is 0. The molecule has 178 valence electrons. The summed E-state index contributed by atoms with van der Waals surface area (Å²) in [5, 5.41) is 9.84. The highest BCUT2D eigenvalue weighted by molar-refractivity contribution is 5.76. The Bertz CT molecular complexity index is 937. The minimum atomic E-state index is -0.359. The first-order valence-electron chi connectivity index (χ1n) is 13.0. The first-order valence-corrected chi connectivity index (χ1v) is 13.0. The second kappa shape index (κ2) is 12.8. The molecule has 0 amide bonds. The van der Waals surface area contributed by atoms with E-state index in [-0.39, 0.29) is 11.6 Å². The minimum absolute atomic E-state index is 0.213. The molecule has 0 unspecified atom stereocenters. The van der Waals surface area contributed by atoms with Gasteiger partial charge in [-0.2, -0.15) is 5.26 Å². The normalized spacial score (nSPS) is 18.2. The zero-order valence-corrected chi connectivity index (χ0v) is 20.8. The predicted molar refractivity (Wildman–Crippen MR) is 135 cm³/mol. The van der Waals surface area contributed by atoms with E-state index in [2.05, 4.69) is 19.1 Å². The van der Waals surface area contributed by atoms with Crippen LogP contribution in [0.3, 0.4) is 0 Å². The van der Waals surface area contributed by atoms with Gasteiger partial charge >= 0.3 is 0 Å². The standard InChI is InChI=1S/C30H40FNO/c1-4-5-6-7-8-9-10-11-23-13-15-24(16-14-23)25-17-19-27(26(20-25)21-32)28-18-12-22(2)29(31)30(28)33-3/h12,17-20,23-24H,4-11,13-16H2,1-3H3. The van der Waals surface area contributed by atoms with E-state index in [9.17, 15) is 9.65 Å². The zero-order chi connectivity index (χ0) is 23.6. The van der Waals surface area contributed by atoms with Crippen molar-refractivity contribution in [1.82, 2.24) is 0 Å². The van der Waals surface area contributed by atoms with Crippen molar-refractivity contribution in [3.8, 4) is 22.9 Å². The van der Waals surface area contributed by atoms with Crippen molar-refractivity contribution in [2.75, 3.05) is 7.11 Å². The van der Waals surface area contributed by atoms with E-state index in [1.54, 1.807) is 13.0 Å². The van der Waals surface area contributed by atoms with Crippen molar-refractivity contribution >= 4 is 0 Å². The number of nitrogens with zero attached hydrogens (tertiary/aromatic N) is 1. The average Bonchev–Trinajstić information content (AvgIpc) is 2.85. The molecule has 1 fully saturated rings. The van der Waals surface area contributed by atoms with Gasteiger partial charge in [0.05, 0.1) is 18.7 Å². The van der Waals surface area contributed by atoms with E-state index in [1.165, 1.54) is 89.7 Å². The van der Waals surface area contributed by atoms with Crippen LogP contribution >= 0.6 is 0 Å². The molecule has 1 aliphatic carbocycles. The summed E-state index contributed by atoms with van der Waals surface area (Å²) in [6, 6.07) is 12.1. The van der Waals surface area contributed by atoms with Crippen molar-refractivity contribution in [1.29, 1.82) is 5.26 Å². The summed E-state index contributed by atoms with van der Waals surface area (Å²) in [5.74, 6) is 1.24. The number of methoxy groups -OCH3 is 1. The van der Waals surface area contributed by atoms with Crippen LogP contribution in [0.1, 0.15) is 107 Å². The molecule has 1 aliphatic rings. The van der Waals surface area contributed by atoms with E-state index < -0.39 is 0 Å². The van der Waals surface area contributed by atoms with E-state index in [4.69, 9.17) is 4.74 Å². The van der Waals surface area contributed by atoms with E-state index in [1.807, 2.05) is 18.2 Å². The molecule has 0 atom stereocenters. The maximum absolute atomic E-state index is 14.6. The Balaban J connectivity index is 1.58. The Morgan fingerprint density at radius 3 is 2.27 bits per heavy atom. The van der Waals surface area contributed by atoms with E-state index >= 15 is 0 Å². The summed E-state index contributed by atoms with van der Waals surface area (Å²) >= 11 is 0. The molecule has 3 heteroatoms. The van der Waals surface area contributed by atoms with Crippen LogP contribution in [0, 0.1) is 30.0 Å². The molecule has 33 heavy (non-hydrogen) atoms.